The van der Waals surface area contributed by atoms with Crippen molar-refractivity contribution in [1.82, 2.24) is 10.2 Å². The van der Waals surface area contributed by atoms with E-state index >= 15 is 0 Å². The molecule has 0 unspecified atom stereocenters. The zero-order valence-corrected chi connectivity index (χ0v) is 21.5. The van der Waals surface area contributed by atoms with Crippen LogP contribution in [-0.2, 0) is 10.2 Å². The summed E-state index contributed by atoms with van der Waals surface area (Å²) in [5, 5.41) is 10.6. The van der Waals surface area contributed by atoms with Gasteiger partial charge in [-0.3, -0.25) is 4.99 Å². The number of aliphatic imine (C=N–C) groups is 1. The van der Waals surface area contributed by atoms with Crippen molar-refractivity contribution in [2.24, 2.45) is 10.7 Å². The summed E-state index contributed by atoms with van der Waals surface area (Å²) in [5.74, 6) is -0.549. The number of aliphatic carboxylic acids is 1. The smallest absolute Gasteiger partial charge is 0.490 e. The summed E-state index contributed by atoms with van der Waals surface area (Å²) >= 11 is 0. The number of methoxy groups -OCH3 is 2. The fourth-order valence-corrected chi connectivity index (χ4v) is 5.21. The summed E-state index contributed by atoms with van der Waals surface area (Å²) in [6.45, 7) is 4.14. The Kier molecular flexibility index (Phi) is 10.7. The third kappa shape index (κ3) is 7.41. The van der Waals surface area contributed by atoms with E-state index in [-0.39, 0.29) is 5.41 Å². The van der Waals surface area contributed by atoms with Gasteiger partial charge in [0.2, 0.25) is 0 Å². The van der Waals surface area contributed by atoms with Crippen molar-refractivity contribution >= 4 is 11.9 Å². The first-order chi connectivity index (χ1) is 17.0. The standard InChI is InChI=1S/C23H38N4O2.C2HF3O2/c1-5-6-7-13-25-22(24)26-18-10-11-23(12-14-27(2)21(23)16-18)17-8-9-19(28-3)20(15-17)29-4;3-2(4,5)1(6)7/h8-9,15,18,21H,5-7,10-14,16H2,1-4H3,(H3,24,25,26);(H,6,7)/t18-,21-,23-;/m0./s1. The molecule has 1 aromatic rings. The summed E-state index contributed by atoms with van der Waals surface area (Å²) in [7, 11) is 5.64. The summed E-state index contributed by atoms with van der Waals surface area (Å²) < 4.78 is 42.8. The van der Waals surface area contributed by atoms with E-state index in [0.717, 1.165) is 50.3 Å². The number of likely N-dealkylation sites (tertiary alicyclic amines) is 1. The monoisotopic (exact) mass is 516 g/mol. The lowest BCUT2D eigenvalue weighted by molar-refractivity contribution is -0.192. The quantitative estimate of drug-likeness (QED) is 0.273. The molecule has 0 spiro atoms. The number of carboxylic acid groups (broad SMARTS) is 1. The van der Waals surface area contributed by atoms with Gasteiger partial charge in [-0.15, -0.1) is 0 Å². The average molecular weight is 517 g/mol. The number of carboxylic acids is 1. The van der Waals surface area contributed by atoms with E-state index in [9.17, 15) is 13.2 Å². The van der Waals surface area contributed by atoms with Crippen LogP contribution in [0.3, 0.4) is 0 Å². The molecule has 0 amide bonds. The van der Waals surface area contributed by atoms with Crippen LogP contribution < -0.4 is 20.5 Å². The number of ether oxygens (including phenoxy) is 2. The molecule has 11 heteroatoms. The van der Waals surface area contributed by atoms with E-state index in [1.807, 2.05) is 6.07 Å². The minimum absolute atomic E-state index is 0.166. The molecule has 1 saturated carbocycles. The number of nitrogens with one attached hydrogen (secondary N) is 1. The molecule has 1 aliphatic heterocycles. The lowest BCUT2D eigenvalue weighted by atomic mass is 9.65. The largest absolute Gasteiger partial charge is 0.493 e. The number of halogens is 3. The van der Waals surface area contributed by atoms with Crippen molar-refractivity contribution in [2.45, 2.75) is 75.5 Å². The first kappa shape index (κ1) is 29.5. The van der Waals surface area contributed by atoms with Crippen LogP contribution in [0.25, 0.3) is 0 Å². The Labute approximate surface area is 211 Å². The molecule has 8 nitrogen and oxygen atoms in total. The maximum Gasteiger partial charge on any atom is 0.490 e. The lowest BCUT2D eigenvalue weighted by Crippen LogP contribution is -2.52. The van der Waals surface area contributed by atoms with Gasteiger partial charge in [-0.25, -0.2) is 4.79 Å². The second kappa shape index (κ2) is 13.0. The van der Waals surface area contributed by atoms with Gasteiger partial charge in [0.05, 0.1) is 14.2 Å². The SMILES string of the molecule is CCCCCN=C(N)N[C@H]1CC[C@@]2(c3ccc(OC)c(OC)c3)CCN(C)[C@H]2C1.O=C(O)C(F)(F)F. The number of benzene rings is 1. The summed E-state index contributed by atoms with van der Waals surface area (Å²) in [6.07, 6.45) is 2.94. The minimum atomic E-state index is -5.08. The molecule has 3 rings (SSSR count). The van der Waals surface area contributed by atoms with Crippen LogP contribution in [0.1, 0.15) is 57.4 Å². The van der Waals surface area contributed by atoms with Crippen LogP contribution in [0.4, 0.5) is 13.2 Å². The van der Waals surface area contributed by atoms with Gasteiger partial charge in [0, 0.05) is 24.0 Å². The highest BCUT2D eigenvalue weighted by molar-refractivity contribution is 5.78. The zero-order chi connectivity index (χ0) is 26.9. The first-order valence-corrected chi connectivity index (χ1v) is 12.3. The normalized spacial score (nSPS) is 24.4. The number of rotatable bonds is 8. The van der Waals surface area contributed by atoms with Gasteiger partial charge in [-0.1, -0.05) is 25.8 Å². The molecule has 3 atom stereocenters. The number of alkyl halides is 3. The van der Waals surface area contributed by atoms with E-state index < -0.39 is 12.1 Å². The average Bonchev–Trinajstić information content (AvgIpc) is 3.18. The van der Waals surface area contributed by atoms with Gasteiger partial charge in [-0.2, -0.15) is 13.2 Å². The molecule has 0 radical (unpaired) electrons. The van der Waals surface area contributed by atoms with Gasteiger partial charge in [0.1, 0.15) is 0 Å². The van der Waals surface area contributed by atoms with Gasteiger partial charge < -0.3 is 30.5 Å². The van der Waals surface area contributed by atoms with Crippen LogP contribution in [0.5, 0.6) is 11.5 Å². The first-order valence-electron chi connectivity index (χ1n) is 12.3. The molecule has 0 aromatic heterocycles. The molecule has 204 valence electrons. The second-order valence-corrected chi connectivity index (χ2v) is 9.36. The van der Waals surface area contributed by atoms with E-state index in [4.69, 9.17) is 25.1 Å². The number of nitrogens with zero attached hydrogens (tertiary/aromatic N) is 2. The van der Waals surface area contributed by atoms with Gasteiger partial charge in [0.25, 0.3) is 0 Å². The summed E-state index contributed by atoms with van der Waals surface area (Å²) in [5.41, 5.74) is 7.70. The molecule has 1 saturated heterocycles. The van der Waals surface area contributed by atoms with Crippen molar-refractivity contribution in [3.8, 4) is 11.5 Å². The Bertz CT molecular complexity index is 897. The zero-order valence-electron chi connectivity index (χ0n) is 21.5. The second-order valence-electron chi connectivity index (χ2n) is 9.36. The van der Waals surface area contributed by atoms with Gasteiger partial charge >= 0.3 is 12.1 Å². The molecular formula is C25H39F3N4O4. The molecule has 2 fully saturated rings. The Morgan fingerprint density at radius 2 is 1.92 bits per heavy atom. The number of hydrogen-bond acceptors (Lipinski definition) is 5. The fraction of sp³-hybridized carbons (Fsp3) is 0.680. The van der Waals surface area contributed by atoms with Crippen LogP contribution in [0, 0.1) is 0 Å². The van der Waals surface area contributed by atoms with Crippen LogP contribution in [0.15, 0.2) is 23.2 Å². The number of fused-ring (bicyclic) bond motifs is 1. The van der Waals surface area contributed by atoms with Crippen molar-refractivity contribution in [2.75, 3.05) is 34.4 Å². The predicted molar refractivity (Wildman–Crippen MR) is 133 cm³/mol. The topological polar surface area (TPSA) is 109 Å². The van der Waals surface area contributed by atoms with Crippen LogP contribution in [-0.4, -0.2) is 74.6 Å². The van der Waals surface area contributed by atoms with E-state index in [0.29, 0.717) is 18.0 Å². The van der Waals surface area contributed by atoms with Crippen molar-refractivity contribution in [1.29, 1.82) is 0 Å². The Morgan fingerprint density at radius 1 is 1.25 bits per heavy atom. The number of unbranched alkanes of at least 4 members (excludes halogenated alkanes) is 2. The molecule has 0 bridgehead atoms. The number of likely N-dealkylation sites (N-methyl/N-ethyl adjacent to an activating group) is 1. The van der Waals surface area contributed by atoms with Crippen molar-refractivity contribution in [3.63, 3.8) is 0 Å². The summed E-state index contributed by atoms with van der Waals surface area (Å²) in [4.78, 5) is 15.9. The minimum Gasteiger partial charge on any atom is -0.493 e. The van der Waals surface area contributed by atoms with Crippen molar-refractivity contribution in [3.05, 3.63) is 23.8 Å². The number of carbonyl (C=O) groups is 1. The highest BCUT2D eigenvalue weighted by Gasteiger charge is 2.50. The highest BCUT2D eigenvalue weighted by atomic mass is 19.4. The molecule has 1 aliphatic carbocycles. The molecule has 36 heavy (non-hydrogen) atoms. The number of hydrogen-bond donors (Lipinski definition) is 3. The molecule has 2 aliphatic rings. The van der Waals surface area contributed by atoms with E-state index in [2.05, 4.69) is 41.3 Å². The molecular weight excluding hydrogens is 477 g/mol. The summed E-state index contributed by atoms with van der Waals surface area (Å²) in [6, 6.07) is 7.32. The van der Waals surface area contributed by atoms with E-state index in [1.165, 1.54) is 24.8 Å². The van der Waals surface area contributed by atoms with Crippen LogP contribution in [0.2, 0.25) is 0 Å². The molecule has 1 heterocycles. The fourth-order valence-electron chi connectivity index (χ4n) is 5.21. The lowest BCUT2D eigenvalue weighted by Gasteiger charge is -2.45. The maximum absolute atomic E-state index is 10.6. The van der Waals surface area contributed by atoms with Crippen LogP contribution >= 0.6 is 0 Å². The number of guanidine groups is 1. The number of nitrogens with two attached hydrogens (primary N) is 1. The Hall–Kier alpha value is -2.69. The van der Waals surface area contributed by atoms with Crippen molar-refractivity contribution < 1.29 is 32.5 Å². The van der Waals surface area contributed by atoms with Gasteiger partial charge in [-0.05, 0) is 63.4 Å². The molecule has 1 aromatic carbocycles. The molecule has 4 N–H and O–H groups in total. The van der Waals surface area contributed by atoms with Gasteiger partial charge in [0.15, 0.2) is 17.5 Å². The third-order valence-electron chi connectivity index (χ3n) is 7.12. The van der Waals surface area contributed by atoms with E-state index in [1.54, 1.807) is 14.2 Å². The highest BCUT2D eigenvalue weighted by Crippen LogP contribution is 2.49. The maximum atomic E-state index is 10.6. The Balaban J connectivity index is 0.000000572. The Morgan fingerprint density at radius 3 is 2.50 bits per heavy atom. The third-order valence-corrected chi connectivity index (χ3v) is 7.12. The predicted octanol–water partition coefficient (Wildman–Crippen LogP) is 3.93.